The molecule has 0 aliphatic carbocycles. The molecule has 8 nitrogen and oxygen atoms in total. The predicted molar refractivity (Wildman–Crippen MR) is 117 cm³/mol. The molecule has 178 valence electrons. The van der Waals surface area contributed by atoms with Crippen LogP contribution in [0.3, 0.4) is 0 Å². The Balaban J connectivity index is 1.95. The summed E-state index contributed by atoms with van der Waals surface area (Å²) in [5.74, 6) is -0.301. The first kappa shape index (κ1) is 24.5. The van der Waals surface area contributed by atoms with Gasteiger partial charge in [0.2, 0.25) is 0 Å². The number of fused-ring (bicyclic) bond motifs is 2. The Labute approximate surface area is 189 Å². The SMILES string of the molecule is COCOc1cc(OC)cc2c1C(=O)OC(C)C/C=C\C(O)C1OC(C)(C)O[C@H]1CCC2. The van der Waals surface area contributed by atoms with Gasteiger partial charge in [0.25, 0.3) is 0 Å². The zero-order valence-electron chi connectivity index (χ0n) is 19.5. The van der Waals surface area contributed by atoms with E-state index in [0.29, 0.717) is 42.7 Å². The summed E-state index contributed by atoms with van der Waals surface area (Å²) in [6.45, 7) is 5.49. The van der Waals surface area contributed by atoms with Crippen molar-refractivity contribution in [1.29, 1.82) is 0 Å². The molecule has 0 radical (unpaired) electrons. The highest BCUT2D eigenvalue weighted by molar-refractivity contribution is 5.94. The second kappa shape index (κ2) is 10.7. The molecule has 32 heavy (non-hydrogen) atoms. The van der Waals surface area contributed by atoms with Crippen LogP contribution in [-0.2, 0) is 25.4 Å². The molecule has 2 aliphatic rings. The van der Waals surface area contributed by atoms with Gasteiger partial charge in [-0.05, 0) is 51.7 Å². The number of aliphatic hydroxyl groups is 1. The van der Waals surface area contributed by atoms with Crippen LogP contribution in [-0.4, -0.2) is 62.3 Å². The summed E-state index contributed by atoms with van der Waals surface area (Å²) in [4.78, 5) is 13.1. The van der Waals surface area contributed by atoms with Crippen molar-refractivity contribution in [1.82, 2.24) is 0 Å². The van der Waals surface area contributed by atoms with Gasteiger partial charge < -0.3 is 33.5 Å². The molecular formula is C24H34O8. The Morgan fingerprint density at radius 1 is 1.22 bits per heavy atom. The molecule has 3 unspecified atom stereocenters. The van der Waals surface area contributed by atoms with Crippen molar-refractivity contribution in [2.75, 3.05) is 21.0 Å². The van der Waals surface area contributed by atoms with E-state index < -0.39 is 30.1 Å². The van der Waals surface area contributed by atoms with Gasteiger partial charge in [-0.1, -0.05) is 12.2 Å². The van der Waals surface area contributed by atoms with E-state index in [1.807, 2.05) is 19.9 Å². The number of benzene rings is 1. The predicted octanol–water partition coefficient (Wildman–Crippen LogP) is 3.39. The summed E-state index contributed by atoms with van der Waals surface area (Å²) < 4.78 is 33.9. The third kappa shape index (κ3) is 6.01. The molecule has 0 aromatic heterocycles. The smallest absolute Gasteiger partial charge is 0.342 e. The Kier molecular flexibility index (Phi) is 8.16. The number of rotatable bonds is 4. The number of ether oxygens (including phenoxy) is 6. The highest BCUT2D eigenvalue weighted by Gasteiger charge is 2.43. The molecule has 0 amide bonds. The number of esters is 1. The van der Waals surface area contributed by atoms with E-state index in [1.165, 1.54) is 7.11 Å². The van der Waals surface area contributed by atoms with Crippen LogP contribution in [0.5, 0.6) is 11.5 Å². The topological polar surface area (TPSA) is 92.7 Å². The Bertz CT molecular complexity index is 818. The number of carbonyl (C=O) groups excluding carboxylic acids is 1. The third-order valence-electron chi connectivity index (χ3n) is 5.53. The lowest BCUT2D eigenvalue weighted by molar-refractivity contribution is -0.152. The van der Waals surface area contributed by atoms with E-state index in [0.717, 1.165) is 5.56 Å². The lowest BCUT2D eigenvalue weighted by atomic mass is 9.96. The highest BCUT2D eigenvalue weighted by Crippen LogP contribution is 2.35. The fourth-order valence-corrected chi connectivity index (χ4v) is 4.11. The number of hydrogen-bond donors (Lipinski definition) is 1. The fraction of sp³-hybridized carbons (Fsp3) is 0.625. The molecule has 4 atom stereocenters. The van der Waals surface area contributed by atoms with E-state index in [1.54, 1.807) is 32.3 Å². The zero-order valence-corrected chi connectivity index (χ0v) is 19.5. The summed E-state index contributed by atoms with van der Waals surface area (Å²) >= 11 is 0. The first-order valence-corrected chi connectivity index (χ1v) is 11.0. The molecule has 1 saturated heterocycles. The molecule has 2 aliphatic heterocycles. The van der Waals surface area contributed by atoms with Crippen molar-refractivity contribution in [2.45, 2.75) is 76.7 Å². The summed E-state index contributed by atoms with van der Waals surface area (Å²) in [5, 5.41) is 10.7. The first-order valence-electron chi connectivity index (χ1n) is 11.0. The lowest BCUT2D eigenvalue weighted by Crippen LogP contribution is -2.34. The van der Waals surface area contributed by atoms with Gasteiger partial charge in [-0.2, -0.15) is 0 Å². The molecule has 1 aromatic carbocycles. The van der Waals surface area contributed by atoms with Crippen LogP contribution < -0.4 is 9.47 Å². The Hall–Kier alpha value is -2.13. The second-order valence-electron chi connectivity index (χ2n) is 8.61. The maximum absolute atomic E-state index is 13.1. The number of hydrogen-bond acceptors (Lipinski definition) is 8. The van der Waals surface area contributed by atoms with Gasteiger partial charge in [-0.3, -0.25) is 0 Å². The van der Waals surface area contributed by atoms with Crippen LogP contribution in [0, 0.1) is 0 Å². The molecule has 0 saturated carbocycles. The van der Waals surface area contributed by atoms with Crippen molar-refractivity contribution in [3.05, 3.63) is 35.4 Å². The Morgan fingerprint density at radius 2 is 2.00 bits per heavy atom. The van der Waals surface area contributed by atoms with Gasteiger partial charge in [0, 0.05) is 19.6 Å². The molecule has 2 heterocycles. The summed E-state index contributed by atoms with van der Waals surface area (Å²) in [5.41, 5.74) is 1.13. The molecule has 0 spiro atoms. The van der Waals surface area contributed by atoms with Crippen LogP contribution in [0.1, 0.15) is 56.0 Å². The summed E-state index contributed by atoms with van der Waals surface area (Å²) in [6, 6.07) is 3.49. The standard InChI is InChI=1S/C24H34O8/c1-15-8-6-10-18(25)22-19(31-24(2,3)32-22)11-7-9-16-12-17(28-5)13-20(29-14-27-4)21(16)23(26)30-15/h6,10,12-13,15,18-19,22,25H,7-9,11,14H2,1-5H3/b10-6-/t15?,18?,19-,22?/m0/s1. The average molecular weight is 451 g/mol. The maximum Gasteiger partial charge on any atom is 0.342 e. The average Bonchev–Trinajstić information content (AvgIpc) is 3.05. The molecule has 1 N–H and O–H groups in total. The minimum atomic E-state index is -0.811. The van der Waals surface area contributed by atoms with Crippen molar-refractivity contribution in [3.63, 3.8) is 0 Å². The van der Waals surface area contributed by atoms with Crippen LogP contribution in [0.2, 0.25) is 0 Å². The minimum Gasteiger partial charge on any atom is -0.497 e. The van der Waals surface area contributed by atoms with E-state index in [4.69, 9.17) is 28.4 Å². The van der Waals surface area contributed by atoms with Crippen molar-refractivity contribution in [2.24, 2.45) is 0 Å². The fourth-order valence-electron chi connectivity index (χ4n) is 4.11. The second-order valence-corrected chi connectivity index (χ2v) is 8.61. The van der Waals surface area contributed by atoms with E-state index in [2.05, 4.69) is 0 Å². The summed E-state index contributed by atoms with van der Waals surface area (Å²) in [7, 11) is 3.08. The number of carbonyl (C=O) groups is 1. The number of cyclic esters (lactones) is 1. The lowest BCUT2D eigenvalue weighted by Gasteiger charge is -2.22. The third-order valence-corrected chi connectivity index (χ3v) is 5.53. The van der Waals surface area contributed by atoms with Gasteiger partial charge >= 0.3 is 5.97 Å². The van der Waals surface area contributed by atoms with E-state index in [9.17, 15) is 9.90 Å². The molecule has 1 aromatic rings. The highest BCUT2D eigenvalue weighted by atomic mass is 16.8. The van der Waals surface area contributed by atoms with Crippen molar-refractivity contribution in [3.8, 4) is 11.5 Å². The molecule has 8 heteroatoms. The van der Waals surface area contributed by atoms with E-state index in [-0.39, 0.29) is 12.9 Å². The van der Waals surface area contributed by atoms with Crippen molar-refractivity contribution >= 4 is 5.97 Å². The molecule has 3 rings (SSSR count). The van der Waals surface area contributed by atoms with Crippen LogP contribution in [0.25, 0.3) is 0 Å². The normalized spacial score (nSPS) is 29.2. The van der Waals surface area contributed by atoms with Gasteiger partial charge in [-0.15, -0.1) is 0 Å². The maximum atomic E-state index is 13.1. The number of aryl methyl sites for hydroxylation is 1. The molecule has 0 bridgehead atoms. The zero-order chi connectivity index (χ0) is 23.3. The molecule has 1 fully saturated rings. The first-order chi connectivity index (χ1) is 15.2. The van der Waals surface area contributed by atoms with Crippen LogP contribution in [0.15, 0.2) is 24.3 Å². The monoisotopic (exact) mass is 450 g/mol. The van der Waals surface area contributed by atoms with Crippen molar-refractivity contribution < 1.29 is 38.3 Å². The summed E-state index contributed by atoms with van der Waals surface area (Å²) in [6.07, 6.45) is 3.91. The van der Waals surface area contributed by atoms with Crippen LogP contribution >= 0.6 is 0 Å². The number of methoxy groups -OCH3 is 2. The molecular weight excluding hydrogens is 416 g/mol. The quantitative estimate of drug-likeness (QED) is 0.424. The minimum absolute atomic E-state index is 0.00686. The van der Waals surface area contributed by atoms with Gasteiger partial charge in [0.1, 0.15) is 35.4 Å². The van der Waals surface area contributed by atoms with Gasteiger partial charge in [0.15, 0.2) is 12.6 Å². The van der Waals surface area contributed by atoms with Gasteiger partial charge in [-0.25, -0.2) is 4.79 Å². The largest absolute Gasteiger partial charge is 0.497 e. The van der Waals surface area contributed by atoms with E-state index >= 15 is 0 Å². The Morgan fingerprint density at radius 3 is 2.72 bits per heavy atom. The number of aliphatic hydroxyl groups excluding tert-OH is 1. The van der Waals surface area contributed by atoms with Gasteiger partial charge in [0.05, 0.1) is 13.2 Å². The van der Waals surface area contributed by atoms with Crippen LogP contribution in [0.4, 0.5) is 0 Å².